The van der Waals surface area contributed by atoms with Crippen LogP contribution in [0.1, 0.15) is 19.3 Å². The third-order valence-corrected chi connectivity index (χ3v) is 4.92. The van der Waals surface area contributed by atoms with E-state index in [-0.39, 0.29) is 29.6 Å². The molecule has 0 saturated heterocycles. The summed E-state index contributed by atoms with van der Waals surface area (Å²) in [5, 5.41) is 8.59. The monoisotopic (exact) mass is 283 g/mol. The molecule has 7 heteroatoms. The van der Waals surface area contributed by atoms with E-state index in [1.54, 1.807) is 0 Å². The molecule has 0 unspecified atom stereocenters. The molecule has 1 aliphatic rings. The maximum absolute atomic E-state index is 13.4. The molecule has 0 heterocycles. The average Bonchev–Trinajstić information content (AvgIpc) is 3.17. The second kappa shape index (κ2) is 5.15. The van der Waals surface area contributed by atoms with Gasteiger partial charge in [-0.3, -0.25) is 0 Å². The van der Waals surface area contributed by atoms with E-state index in [1.807, 2.05) is 6.07 Å². The summed E-state index contributed by atoms with van der Waals surface area (Å²) in [6.45, 7) is 0.134. The van der Waals surface area contributed by atoms with Gasteiger partial charge in [0.05, 0.1) is 16.7 Å². The molecule has 2 N–H and O–H groups in total. The van der Waals surface area contributed by atoms with Gasteiger partial charge in [0.2, 0.25) is 10.0 Å². The zero-order chi connectivity index (χ0) is 14.0. The van der Waals surface area contributed by atoms with Crippen molar-refractivity contribution >= 4 is 15.7 Å². The highest BCUT2D eigenvalue weighted by Crippen LogP contribution is 2.32. The fourth-order valence-electron chi connectivity index (χ4n) is 1.83. The topological polar surface area (TPSA) is 87.2 Å². The van der Waals surface area contributed by atoms with Crippen LogP contribution in [0.25, 0.3) is 0 Å². The molecule has 0 radical (unpaired) electrons. The van der Waals surface area contributed by atoms with E-state index in [2.05, 4.69) is 0 Å². The van der Waals surface area contributed by atoms with Gasteiger partial charge < -0.3 is 5.73 Å². The van der Waals surface area contributed by atoms with Crippen LogP contribution in [-0.2, 0) is 10.0 Å². The van der Waals surface area contributed by atoms with Crippen LogP contribution in [0.15, 0.2) is 23.1 Å². The van der Waals surface area contributed by atoms with Crippen molar-refractivity contribution in [1.82, 2.24) is 4.31 Å². The molecule has 0 spiro atoms. The molecule has 0 aliphatic heterocycles. The quantitative estimate of drug-likeness (QED) is 0.829. The van der Waals surface area contributed by atoms with Crippen LogP contribution in [0.4, 0.5) is 10.1 Å². The van der Waals surface area contributed by atoms with Crippen molar-refractivity contribution in [3.8, 4) is 6.07 Å². The van der Waals surface area contributed by atoms with Crippen LogP contribution < -0.4 is 5.73 Å². The van der Waals surface area contributed by atoms with Gasteiger partial charge in [-0.05, 0) is 31.0 Å². The predicted octanol–water partition coefficient (Wildman–Crippen LogP) is 1.47. The Morgan fingerprint density at radius 1 is 1.47 bits per heavy atom. The number of benzene rings is 1. The van der Waals surface area contributed by atoms with Crippen LogP contribution in [0.2, 0.25) is 0 Å². The second-order valence-corrected chi connectivity index (χ2v) is 6.33. The Morgan fingerprint density at radius 3 is 2.68 bits per heavy atom. The lowest BCUT2D eigenvalue weighted by atomic mass is 10.3. The Labute approximate surface area is 111 Å². The highest BCUT2D eigenvalue weighted by atomic mass is 32.2. The summed E-state index contributed by atoms with van der Waals surface area (Å²) in [5.41, 5.74) is 5.25. The zero-order valence-corrected chi connectivity index (χ0v) is 11.0. The molecule has 0 bridgehead atoms. The molecule has 5 nitrogen and oxygen atoms in total. The van der Waals surface area contributed by atoms with E-state index >= 15 is 0 Å². The fourth-order valence-corrected chi connectivity index (χ4v) is 3.52. The highest BCUT2D eigenvalue weighted by Gasteiger charge is 2.37. The number of anilines is 1. The molecule has 2 rings (SSSR count). The first-order valence-corrected chi connectivity index (χ1v) is 7.34. The van der Waals surface area contributed by atoms with Crippen molar-refractivity contribution < 1.29 is 12.8 Å². The molecule has 1 aromatic carbocycles. The minimum atomic E-state index is -3.76. The summed E-state index contributed by atoms with van der Waals surface area (Å²) >= 11 is 0. The average molecular weight is 283 g/mol. The van der Waals surface area contributed by atoms with Crippen molar-refractivity contribution in [1.29, 1.82) is 5.26 Å². The predicted molar refractivity (Wildman–Crippen MR) is 68.0 cm³/mol. The summed E-state index contributed by atoms with van der Waals surface area (Å²) < 4.78 is 39.4. The Balaban J connectivity index is 2.33. The number of hydrogen-bond donors (Lipinski definition) is 1. The number of nitrogens with two attached hydrogens (primary N) is 1. The van der Waals surface area contributed by atoms with Crippen LogP contribution in [0.3, 0.4) is 0 Å². The van der Waals surface area contributed by atoms with Gasteiger partial charge in [-0.1, -0.05) is 0 Å². The van der Waals surface area contributed by atoms with Gasteiger partial charge >= 0.3 is 0 Å². The largest absolute Gasteiger partial charge is 0.396 e. The normalized spacial score (nSPS) is 15.4. The molecular weight excluding hydrogens is 269 g/mol. The molecule has 1 aliphatic carbocycles. The van der Waals surface area contributed by atoms with E-state index < -0.39 is 15.8 Å². The zero-order valence-electron chi connectivity index (χ0n) is 10.2. The van der Waals surface area contributed by atoms with Crippen LogP contribution >= 0.6 is 0 Å². The minimum Gasteiger partial charge on any atom is -0.396 e. The molecule has 102 valence electrons. The lowest BCUT2D eigenvalue weighted by Crippen LogP contribution is -2.34. The summed E-state index contributed by atoms with van der Waals surface area (Å²) in [7, 11) is -3.76. The molecule has 0 atom stereocenters. The third-order valence-electron chi connectivity index (χ3n) is 2.98. The van der Waals surface area contributed by atoms with E-state index in [4.69, 9.17) is 11.0 Å². The standard InChI is InChI=1S/C12H14FN3O2S/c13-11-8-10(4-5-12(11)15)19(17,18)16(7-1-6-14)9-2-3-9/h4-5,8-9H,1-3,7,15H2. The van der Waals surface area contributed by atoms with Gasteiger partial charge in [-0.2, -0.15) is 9.57 Å². The Bertz CT molecular complexity index is 620. The van der Waals surface area contributed by atoms with Crippen molar-refractivity contribution in [3.05, 3.63) is 24.0 Å². The fraction of sp³-hybridized carbons (Fsp3) is 0.417. The summed E-state index contributed by atoms with van der Waals surface area (Å²) in [6, 6.07) is 5.30. The maximum atomic E-state index is 13.4. The number of hydrogen-bond acceptors (Lipinski definition) is 4. The van der Waals surface area contributed by atoms with Gasteiger partial charge in [0, 0.05) is 19.0 Å². The van der Waals surface area contributed by atoms with E-state index in [9.17, 15) is 12.8 Å². The van der Waals surface area contributed by atoms with Crippen molar-refractivity contribution in [2.24, 2.45) is 0 Å². The summed E-state index contributed by atoms with van der Waals surface area (Å²) in [5.74, 6) is -0.753. The van der Waals surface area contributed by atoms with Gasteiger partial charge in [0.25, 0.3) is 0 Å². The van der Waals surface area contributed by atoms with Gasteiger partial charge in [0.1, 0.15) is 5.82 Å². The lowest BCUT2D eigenvalue weighted by Gasteiger charge is -2.20. The van der Waals surface area contributed by atoms with E-state index in [0.717, 1.165) is 18.9 Å². The van der Waals surface area contributed by atoms with Gasteiger partial charge in [-0.15, -0.1) is 0 Å². The van der Waals surface area contributed by atoms with Gasteiger partial charge in [-0.25, -0.2) is 12.8 Å². The first-order chi connectivity index (χ1) is 8.96. The number of halogens is 1. The van der Waals surface area contributed by atoms with Crippen LogP contribution in [0.5, 0.6) is 0 Å². The molecule has 19 heavy (non-hydrogen) atoms. The van der Waals surface area contributed by atoms with Crippen molar-refractivity contribution in [2.45, 2.75) is 30.2 Å². The highest BCUT2D eigenvalue weighted by molar-refractivity contribution is 7.89. The Kier molecular flexibility index (Phi) is 3.73. The first kappa shape index (κ1) is 13.8. The Hall–Kier alpha value is -1.65. The second-order valence-electron chi connectivity index (χ2n) is 4.44. The van der Waals surface area contributed by atoms with Gasteiger partial charge in [0.15, 0.2) is 0 Å². The maximum Gasteiger partial charge on any atom is 0.243 e. The molecule has 0 aromatic heterocycles. The number of nitriles is 1. The number of sulfonamides is 1. The third kappa shape index (κ3) is 2.85. The smallest absolute Gasteiger partial charge is 0.243 e. The number of nitrogen functional groups attached to an aromatic ring is 1. The molecule has 1 fully saturated rings. The van der Waals surface area contributed by atoms with Crippen molar-refractivity contribution in [2.75, 3.05) is 12.3 Å². The number of rotatable bonds is 5. The van der Waals surface area contributed by atoms with Crippen LogP contribution in [-0.4, -0.2) is 25.3 Å². The molecular formula is C12H14FN3O2S. The van der Waals surface area contributed by atoms with Crippen LogP contribution in [0, 0.1) is 17.1 Å². The summed E-state index contributed by atoms with van der Waals surface area (Å²) in [6.07, 6.45) is 1.68. The molecule has 1 saturated carbocycles. The SMILES string of the molecule is N#CCCN(C1CC1)S(=O)(=O)c1ccc(N)c(F)c1. The Morgan fingerprint density at radius 2 is 2.16 bits per heavy atom. The molecule has 0 amide bonds. The first-order valence-electron chi connectivity index (χ1n) is 5.90. The van der Waals surface area contributed by atoms with E-state index in [1.165, 1.54) is 16.4 Å². The summed E-state index contributed by atoms with van der Waals surface area (Å²) in [4.78, 5) is -0.121. The molecule has 1 aromatic rings. The van der Waals surface area contributed by atoms with E-state index in [0.29, 0.717) is 0 Å². The lowest BCUT2D eigenvalue weighted by molar-refractivity contribution is 0.410. The minimum absolute atomic E-state index is 0.0704. The van der Waals surface area contributed by atoms with Crippen molar-refractivity contribution in [3.63, 3.8) is 0 Å². The number of nitrogens with zero attached hydrogens (tertiary/aromatic N) is 2.